The average Bonchev–Trinajstić information content (AvgIpc) is 3.43. The molecule has 0 radical (unpaired) electrons. The molecule has 164 valence electrons. The Kier molecular flexibility index (Phi) is 4.06. The van der Waals surface area contributed by atoms with Crippen molar-refractivity contribution < 1.29 is 0 Å². The molecule has 0 bridgehead atoms. The van der Waals surface area contributed by atoms with Crippen molar-refractivity contribution in [3.05, 3.63) is 84.2 Å². The quantitative estimate of drug-likeness (QED) is 0.340. The van der Waals surface area contributed by atoms with Crippen LogP contribution < -0.4 is 0 Å². The maximum absolute atomic E-state index is 4.74. The summed E-state index contributed by atoms with van der Waals surface area (Å²) in [5.41, 5.74) is 9.78. The van der Waals surface area contributed by atoms with Crippen LogP contribution >= 0.6 is 0 Å². The van der Waals surface area contributed by atoms with Gasteiger partial charge < -0.3 is 0 Å². The molecule has 6 heteroatoms. The van der Waals surface area contributed by atoms with Gasteiger partial charge in [0.25, 0.3) is 0 Å². The van der Waals surface area contributed by atoms with Gasteiger partial charge in [-0.25, -0.2) is 15.0 Å². The van der Waals surface area contributed by atoms with Crippen LogP contribution in [0.2, 0.25) is 0 Å². The lowest BCUT2D eigenvalue weighted by Gasteiger charge is -2.28. The molecule has 6 rings (SSSR count). The van der Waals surface area contributed by atoms with E-state index in [-0.39, 0.29) is 5.41 Å². The van der Waals surface area contributed by atoms with Crippen LogP contribution in [0.1, 0.15) is 37.9 Å². The van der Waals surface area contributed by atoms with Gasteiger partial charge in [-0.15, -0.1) is 0 Å². The minimum Gasteiger partial charge on any atom is -0.298 e. The Morgan fingerprint density at radius 1 is 0.788 bits per heavy atom. The number of imidazole rings is 2. The van der Waals surface area contributed by atoms with E-state index >= 15 is 0 Å². The second-order valence-corrected chi connectivity index (χ2v) is 9.64. The third kappa shape index (κ3) is 2.76. The molecule has 0 unspecified atom stereocenters. The summed E-state index contributed by atoms with van der Waals surface area (Å²) >= 11 is 0. The highest BCUT2D eigenvalue weighted by atomic mass is 15.2. The van der Waals surface area contributed by atoms with Gasteiger partial charge in [0.2, 0.25) is 0 Å². The summed E-state index contributed by atoms with van der Waals surface area (Å²) in [5.74, 6) is 0.897. The summed E-state index contributed by atoms with van der Waals surface area (Å²) in [6, 6.07) is 19.5. The first kappa shape index (κ1) is 19.7. The molecule has 0 saturated carbocycles. The molecule has 0 fully saturated rings. The average molecular weight is 435 g/mol. The molecule has 0 amide bonds. The van der Waals surface area contributed by atoms with Crippen molar-refractivity contribution in [3.8, 4) is 11.4 Å². The molecular formula is C27H26N6. The second kappa shape index (κ2) is 6.78. The summed E-state index contributed by atoms with van der Waals surface area (Å²) in [4.78, 5) is 13.5. The molecule has 0 spiro atoms. The van der Waals surface area contributed by atoms with Crippen molar-refractivity contribution in [2.75, 3.05) is 0 Å². The fraction of sp³-hybridized carbons (Fsp3) is 0.222. The molecule has 4 heterocycles. The Hall–Kier alpha value is -3.93. The number of aryl methyl sites for hydroxylation is 2. The number of hydrogen-bond donors (Lipinski definition) is 0. The van der Waals surface area contributed by atoms with Crippen LogP contribution in [0.15, 0.2) is 67.1 Å². The molecule has 0 saturated heterocycles. The lowest BCUT2D eigenvalue weighted by Crippen LogP contribution is -2.19. The van der Waals surface area contributed by atoms with Gasteiger partial charge in [0.1, 0.15) is 23.3 Å². The third-order valence-electron chi connectivity index (χ3n) is 6.39. The van der Waals surface area contributed by atoms with Crippen molar-refractivity contribution in [3.63, 3.8) is 0 Å². The third-order valence-corrected chi connectivity index (χ3v) is 6.39. The van der Waals surface area contributed by atoms with E-state index in [9.17, 15) is 0 Å². The Morgan fingerprint density at radius 3 is 2.27 bits per heavy atom. The largest absolute Gasteiger partial charge is 0.298 e. The van der Waals surface area contributed by atoms with Gasteiger partial charge in [0, 0.05) is 11.3 Å². The molecule has 2 aromatic carbocycles. The molecule has 0 aliphatic heterocycles. The number of nitrogens with zero attached hydrogens (tertiary/aromatic N) is 6. The predicted octanol–water partition coefficient (Wildman–Crippen LogP) is 5.93. The van der Waals surface area contributed by atoms with Gasteiger partial charge in [-0.3, -0.25) is 13.5 Å². The number of benzene rings is 2. The van der Waals surface area contributed by atoms with E-state index in [2.05, 4.69) is 106 Å². The highest BCUT2D eigenvalue weighted by Gasteiger charge is 2.27. The van der Waals surface area contributed by atoms with Crippen molar-refractivity contribution in [1.29, 1.82) is 0 Å². The minimum atomic E-state index is -0.133. The van der Waals surface area contributed by atoms with Crippen molar-refractivity contribution in [1.82, 2.24) is 28.5 Å². The van der Waals surface area contributed by atoms with Crippen LogP contribution in [0.4, 0.5) is 0 Å². The molecule has 33 heavy (non-hydrogen) atoms. The topological polar surface area (TPSA) is 52.9 Å². The van der Waals surface area contributed by atoms with Crippen molar-refractivity contribution in [2.45, 2.75) is 40.0 Å². The zero-order chi connectivity index (χ0) is 22.9. The van der Waals surface area contributed by atoms with Crippen LogP contribution in [-0.4, -0.2) is 28.5 Å². The predicted molar refractivity (Wildman–Crippen MR) is 133 cm³/mol. The minimum absolute atomic E-state index is 0.133. The van der Waals surface area contributed by atoms with Gasteiger partial charge in [-0.2, -0.15) is 0 Å². The summed E-state index contributed by atoms with van der Waals surface area (Å²) < 4.78 is 6.88. The number of para-hydroxylation sites is 2. The zero-order valence-electron chi connectivity index (χ0n) is 19.5. The normalized spacial score (nSPS) is 12.4. The highest BCUT2D eigenvalue weighted by molar-refractivity contribution is 5.86. The Morgan fingerprint density at radius 2 is 1.52 bits per heavy atom. The SMILES string of the molecule is Cc1nc2cncnc2n1-c1cccc(-n2c3ccccc3n3c(C)ccc23)c1C(C)(C)C. The Labute approximate surface area is 192 Å². The van der Waals surface area contributed by atoms with Crippen molar-refractivity contribution >= 4 is 27.8 Å². The standard InChI is InChI=1S/C27H26N6/c1-17-13-14-24-31(17)20-9-6-7-10-21(20)33(24)23-12-8-11-22(25(23)27(3,4)5)32-18(2)30-19-15-28-16-29-26(19)32/h6-16H,1-5H3. The van der Waals surface area contributed by atoms with E-state index in [4.69, 9.17) is 4.98 Å². The molecule has 0 atom stereocenters. The van der Waals surface area contributed by atoms with Crippen LogP contribution in [0, 0.1) is 13.8 Å². The fourth-order valence-electron chi connectivity index (χ4n) is 5.13. The molecule has 6 nitrogen and oxygen atoms in total. The van der Waals surface area contributed by atoms with Gasteiger partial charge in [-0.05, 0) is 55.7 Å². The van der Waals surface area contributed by atoms with E-state index in [0.29, 0.717) is 0 Å². The van der Waals surface area contributed by atoms with Gasteiger partial charge in [0.05, 0.1) is 28.6 Å². The molecular weight excluding hydrogens is 408 g/mol. The number of aromatic nitrogens is 6. The Balaban J connectivity index is 1.77. The van der Waals surface area contributed by atoms with E-state index in [1.54, 1.807) is 12.5 Å². The lowest BCUT2D eigenvalue weighted by atomic mass is 9.84. The fourth-order valence-corrected chi connectivity index (χ4v) is 5.13. The van der Waals surface area contributed by atoms with Crippen molar-refractivity contribution in [2.24, 2.45) is 0 Å². The summed E-state index contributed by atoms with van der Waals surface area (Å²) in [7, 11) is 0. The molecule has 0 N–H and O–H groups in total. The Bertz CT molecular complexity index is 1670. The van der Waals surface area contributed by atoms with E-state index < -0.39 is 0 Å². The molecule has 6 aromatic rings. The van der Waals surface area contributed by atoms with Gasteiger partial charge in [-0.1, -0.05) is 39.0 Å². The summed E-state index contributed by atoms with van der Waals surface area (Å²) in [6.45, 7) is 11.0. The van der Waals surface area contributed by atoms with Gasteiger partial charge in [0.15, 0.2) is 5.65 Å². The van der Waals surface area contributed by atoms with Gasteiger partial charge >= 0.3 is 0 Å². The maximum atomic E-state index is 4.74. The molecule has 0 aliphatic rings. The summed E-state index contributed by atoms with van der Waals surface area (Å²) in [5, 5.41) is 0. The van der Waals surface area contributed by atoms with Crippen LogP contribution in [0.5, 0.6) is 0 Å². The number of fused-ring (bicyclic) bond motifs is 4. The van der Waals surface area contributed by atoms with E-state index in [0.717, 1.165) is 28.3 Å². The van der Waals surface area contributed by atoms with Crippen LogP contribution in [0.3, 0.4) is 0 Å². The molecule has 0 aliphatic carbocycles. The lowest BCUT2D eigenvalue weighted by molar-refractivity contribution is 0.583. The smallest absolute Gasteiger partial charge is 0.168 e. The molecule has 4 aromatic heterocycles. The van der Waals surface area contributed by atoms with E-state index in [1.807, 2.05) is 6.92 Å². The maximum Gasteiger partial charge on any atom is 0.168 e. The first-order chi connectivity index (χ1) is 15.9. The number of rotatable bonds is 2. The first-order valence-electron chi connectivity index (χ1n) is 11.2. The van der Waals surface area contributed by atoms with Crippen LogP contribution in [0.25, 0.3) is 39.2 Å². The second-order valence-electron chi connectivity index (χ2n) is 9.64. The van der Waals surface area contributed by atoms with E-state index in [1.165, 1.54) is 28.0 Å². The van der Waals surface area contributed by atoms with Crippen LogP contribution in [-0.2, 0) is 5.41 Å². The zero-order valence-corrected chi connectivity index (χ0v) is 19.5. The highest BCUT2D eigenvalue weighted by Crippen LogP contribution is 2.38. The first-order valence-corrected chi connectivity index (χ1v) is 11.2. The summed E-state index contributed by atoms with van der Waals surface area (Å²) in [6.07, 6.45) is 3.37. The monoisotopic (exact) mass is 434 g/mol. The number of hydrogen-bond acceptors (Lipinski definition) is 3.